The van der Waals surface area contributed by atoms with E-state index in [1.165, 1.54) is 0 Å². The fourth-order valence-corrected chi connectivity index (χ4v) is 3.08. The van der Waals surface area contributed by atoms with Gasteiger partial charge in [-0.25, -0.2) is 0 Å². The highest BCUT2D eigenvalue weighted by Crippen LogP contribution is 2.24. The number of benzene rings is 1. The van der Waals surface area contributed by atoms with Gasteiger partial charge in [0.15, 0.2) is 0 Å². The zero-order chi connectivity index (χ0) is 15.2. The summed E-state index contributed by atoms with van der Waals surface area (Å²) < 4.78 is 5.35. The second kappa shape index (κ2) is 7.46. The molecule has 0 spiro atoms. The van der Waals surface area contributed by atoms with Crippen molar-refractivity contribution < 1.29 is 9.53 Å². The number of rotatable bonds is 5. The van der Waals surface area contributed by atoms with Crippen molar-refractivity contribution in [1.29, 1.82) is 0 Å². The van der Waals surface area contributed by atoms with Crippen LogP contribution in [0.25, 0.3) is 0 Å². The molecule has 1 aromatic rings. The number of hydrogen-bond acceptors (Lipinski definition) is 3. The standard InChI is InChI=1S/C17H26N2O2/c1-12(10-13-6-3-4-9-16(13)21-2)19-17(20)14-7-5-8-15(18)11-14/h3-4,6,9,12,14-15H,5,7-8,10-11,18H2,1-2H3,(H,19,20). The van der Waals surface area contributed by atoms with E-state index in [1.807, 2.05) is 31.2 Å². The van der Waals surface area contributed by atoms with Gasteiger partial charge in [-0.3, -0.25) is 4.79 Å². The summed E-state index contributed by atoms with van der Waals surface area (Å²) >= 11 is 0. The van der Waals surface area contributed by atoms with Crippen LogP contribution in [0.15, 0.2) is 24.3 Å². The molecule has 1 amide bonds. The summed E-state index contributed by atoms with van der Waals surface area (Å²) in [5.41, 5.74) is 7.08. The first kappa shape index (κ1) is 15.8. The SMILES string of the molecule is COc1ccccc1CC(C)NC(=O)C1CCCC(N)C1. The molecule has 4 nitrogen and oxygen atoms in total. The molecule has 0 radical (unpaired) electrons. The Bertz CT molecular complexity index is 476. The maximum atomic E-state index is 12.3. The Labute approximate surface area is 127 Å². The Hall–Kier alpha value is -1.55. The first-order valence-corrected chi connectivity index (χ1v) is 7.78. The number of nitrogens with one attached hydrogen (secondary N) is 1. The lowest BCUT2D eigenvalue weighted by Crippen LogP contribution is -2.42. The molecular formula is C17H26N2O2. The zero-order valence-electron chi connectivity index (χ0n) is 13.0. The number of ether oxygens (including phenoxy) is 1. The van der Waals surface area contributed by atoms with E-state index in [0.717, 1.165) is 43.4 Å². The number of carbonyl (C=O) groups excluding carboxylic acids is 1. The number of para-hydroxylation sites is 1. The van der Waals surface area contributed by atoms with Crippen molar-refractivity contribution in [3.8, 4) is 5.75 Å². The van der Waals surface area contributed by atoms with Crippen LogP contribution in [0.3, 0.4) is 0 Å². The summed E-state index contributed by atoms with van der Waals surface area (Å²) in [6.07, 6.45) is 4.64. The van der Waals surface area contributed by atoms with E-state index in [2.05, 4.69) is 5.32 Å². The van der Waals surface area contributed by atoms with E-state index in [0.29, 0.717) is 0 Å². The molecule has 2 rings (SSSR count). The van der Waals surface area contributed by atoms with Gasteiger partial charge < -0.3 is 15.8 Å². The average molecular weight is 290 g/mol. The van der Waals surface area contributed by atoms with Crippen LogP contribution in [0.4, 0.5) is 0 Å². The Morgan fingerprint density at radius 1 is 1.43 bits per heavy atom. The van der Waals surface area contributed by atoms with Gasteiger partial charge in [-0.1, -0.05) is 24.6 Å². The largest absolute Gasteiger partial charge is 0.496 e. The average Bonchev–Trinajstić information content (AvgIpc) is 2.47. The molecule has 1 aliphatic carbocycles. The van der Waals surface area contributed by atoms with Gasteiger partial charge in [-0.2, -0.15) is 0 Å². The third-order valence-corrected chi connectivity index (χ3v) is 4.19. The molecule has 1 aliphatic rings. The van der Waals surface area contributed by atoms with Gasteiger partial charge in [0.05, 0.1) is 7.11 Å². The molecule has 1 fully saturated rings. The van der Waals surface area contributed by atoms with Crippen LogP contribution in [0, 0.1) is 5.92 Å². The van der Waals surface area contributed by atoms with Gasteiger partial charge in [0.2, 0.25) is 5.91 Å². The van der Waals surface area contributed by atoms with Crippen LogP contribution < -0.4 is 15.8 Å². The first-order valence-electron chi connectivity index (χ1n) is 7.78. The lowest BCUT2D eigenvalue weighted by Gasteiger charge is -2.27. The van der Waals surface area contributed by atoms with E-state index in [4.69, 9.17) is 10.5 Å². The Morgan fingerprint density at radius 2 is 2.19 bits per heavy atom. The number of nitrogens with two attached hydrogens (primary N) is 1. The van der Waals surface area contributed by atoms with E-state index in [-0.39, 0.29) is 23.9 Å². The first-order chi connectivity index (χ1) is 10.1. The molecule has 1 saturated carbocycles. The molecule has 1 aromatic carbocycles. The zero-order valence-corrected chi connectivity index (χ0v) is 13.0. The van der Waals surface area contributed by atoms with Gasteiger partial charge in [-0.05, 0) is 44.2 Å². The summed E-state index contributed by atoms with van der Waals surface area (Å²) in [6, 6.07) is 8.20. The predicted octanol–water partition coefficient (Wildman–Crippen LogP) is 2.26. The van der Waals surface area contributed by atoms with Crippen LogP contribution >= 0.6 is 0 Å². The monoisotopic (exact) mass is 290 g/mol. The van der Waals surface area contributed by atoms with Gasteiger partial charge in [0, 0.05) is 18.0 Å². The van der Waals surface area contributed by atoms with Gasteiger partial charge in [0.25, 0.3) is 0 Å². The highest BCUT2D eigenvalue weighted by atomic mass is 16.5. The molecule has 116 valence electrons. The Balaban J connectivity index is 1.89. The maximum absolute atomic E-state index is 12.3. The van der Waals surface area contributed by atoms with Gasteiger partial charge in [-0.15, -0.1) is 0 Å². The van der Waals surface area contributed by atoms with Crippen molar-refractivity contribution in [2.75, 3.05) is 7.11 Å². The van der Waals surface area contributed by atoms with Crippen LogP contribution in [0.5, 0.6) is 5.75 Å². The third-order valence-electron chi connectivity index (χ3n) is 4.19. The normalized spacial score (nSPS) is 23.4. The molecule has 0 aromatic heterocycles. The summed E-state index contributed by atoms with van der Waals surface area (Å²) in [6.45, 7) is 2.03. The number of methoxy groups -OCH3 is 1. The summed E-state index contributed by atoms with van der Waals surface area (Å²) in [5, 5.41) is 3.12. The molecule has 3 N–H and O–H groups in total. The molecule has 0 saturated heterocycles. The van der Waals surface area contributed by atoms with Crippen LogP contribution in [0.2, 0.25) is 0 Å². The molecule has 0 aliphatic heterocycles. The Morgan fingerprint density at radius 3 is 2.90 bits per heavy atom. The second-order valence-electron chi connectivity index (χ2n) is 6.05. The molecule has 3 unspecified atom stereocenters. The molecule has 0 heterocycles. The highest BCUT2D eigenvalue weighted by molar-refractivity contribution is 5.79. The summed E-state index contributed by atoms with van der Waals surface area (Å²) in [5.74, 6) is 1.10. The van der Waals surface area contributed by atoms with Crippen LogP contribution in [0.1, 0.15) is 38.2 Å². The fraction of sp³-hybridized carbons (Fsp3) is 0.588. The minimum atomic E-state index is 0.0777. The molecule has 21 heavy (non-hydrogen) atoms. The van der Waals surface area contributed by atoms with Crippen molar-refractivity contribution in [3.63, 3.8) is 0 Å². The van der Waals surface area contributed by atoms with Crippen molar-refractivity contribution >= 4 is 5.91 Å². The van der Waals surface area contributed by atoms with Gasteiger partial charge in [0.1, 0.15) is 5.75 Å². The fourth-order valence-electron chi connectivity index (χ4n) is 3.08. The van der Waals surface area contributed by atoms with E-state index < -0.39 is 0 Å². The lowest BCUT2D eigenvalue weighted by atomic mass is 9.85. The molecule has 3 atom stereocenters. The van der Waals surface area contributed by atoms with Gasteiger partial charge >= 0.3 is 0 Å². The van der Waals surface area contributed by atoms with E-state index >= 15 is 0 Å². The summed E-state index contributed by atoms with van der Waals surface area (Å²) in [7, 11) is 1.67. The van der Waals surface area contributed by atoms with Crippen molar-refractivity contribution in [1.82, 2.24) is 5.32 Å². The number of amides is 1. The van der Waals surface area contributed by atoms with Crippen LogP contribution in [-0.2, 0) is 11.2 Å². The quantitative estimate of drug-likeness (QED) is 0.874. The summed E-state index contributed by atoms with van der Waals surface area (Å²) in [4.78, 5) is 12.3. The number of hydrogen-bond donors (Lipinski definition) is 2. The van der Waals surface area contributed by atoms with Crippen molar-refractivity contribution in [3.05, 3.63) is 29.8 Å². The predicted molar refractivity (Wildman–Crippen MR) is 84.2 cm³/mol. The smallest absolute Gasteiger partial charge is 0.223 e. The molecule has 4 heteroatoms. The van der Waals surface area contributed by atoms with E-state index in [1.54, 1.807) is 7.11 Å². The second-order valence-corrected chi connectivity index (χ2v) is 6.05. The topological polar surface area (TPSA) is 64.3 Å². The van der Waals surface area contributed by atoms with E-state index in [9.17, 15) is 4.79 Å². The van der Waals surface area contributed by atoms with Crippen molar-refractivity contribution in [2.45, 2.75) is 51.1 Å². The minimum absolute atomic E-state index is 0.0777. The maximum Gasteiger partial charge on any atom is 0.223 e. The van der Waals surface area contributed by atoms with Crippen LogP contribution in [-0.4, -0.2) is 25.1 Å². The highest BCUT2D eigenvalue weighted by Gasteiger charge is 2.26. The lowest BCUT2D eigenvalue weighted by molar-refractivity contribution is -0.126. The number of carbonyl (C=O) groups is 1. The minimum Gasteiger partial charge on any atom is -0.496 e. The molecular weight excluding hydrogens is 264 g/mol. The van der Waals surface area contributed by atoms with Crippen molar-refractivity contribution in [2.24, 2.45) is 11.7 Å². The molecule has 0 bridgehead atoms. The third kappa shape index (κ3) is 4.46. The Kier molecular flexibility index (Phi) is 5.62.